The smallest absolute Gasteiger partial charge is 0.342 e. The molecule has 24 heavy (non-hydrogen) atoms. The molecule has 1 aromatic carbocycles. The van der Waals surface area contributed by atoms with Crippen molar-refractivity contribution < 1.29 is 14.6 Å². The molecule has 0 spiro atoms. The van der Waals surface area contributed by atoms with Crippen LogP contribution in [0.3, 0.4) is 0 Å². The van der Waals surface area contributed by atoms with Gasteiger partial charge in [-0.05, 0) is 37.6 Å². The van der Waals surface area contributed by atoms with E-state index in [4.69, 9.17) is 4.74 Å². The molecule has 0 radical (unpaired) electrons. The summed E-state index contributed by atoms with van der Waals surface area (Å²) in [5.41, 5.74) is 2.06. The van der Waals surface area contributed by atoms with Crippen molar-refractivity contribution >= 4 is 11.6 Å². The first kappa shape index (κ1) is 15.7. The number of hydrogen-bond donors (Lipinski definition) is 1. The number of benzene rings is 1. The van der Waals surface area contributed by atoms with Gasteiger partial charge >= 0.3 is 5.97 Å². The lowest BCUT2D eigenvalue weighted by atomic mass is 10.1. The highest BCUT2D eigenvalue weighted by Crippen LogP contribution is 2.22. The molecule has 0 saturated heterocycles. The third-order valence-electron chi connectivity index (χ3n) is 3.74. The standard InChI is InChI=1S/C18H16N2O4/c1-11-5-3-7-14(17(11)22)18(23)24-10-13-9-16(21)20-12(2)6-4-8-15(20)19-13/h3-9,22H,10H2,1-2H3. The number of hydrogen-bond acceptors (Lipinski definition) is 5. The number of aryl methyl sites for hydroxylation is 2. The molecule has 3 aromatic rings. The van der Waals surface area contributed by atoms with Gasteiger partial charge in [0.25, 0.3) is 5.56 Å². The lowest BCUT2D eigenvalue weighted by Crippen LogP contribution is -2.18. The molecule has 1 N–H and O–H groups in total. The van der Waals surface area contributed by atoms with E-state index in [9.17, 15) is 14.7 Å². The number of nitrogens with zero attached hydrogens (tertiary/aromatic N) is 2. The number of carbonyl (C=O) groups is 1. The number of phenols is 1. The molecule has 6 nitrogen and oxygen atoms in total. The first-order chi connectivity index (χ1) is 11.5. The van der Waals surface area contributed by atoms with Crippen molar-refractivity contribution in [2.24, 2.45) is 0 Å². The Morgan fingerprint density at radius 3 is 2.75 bits per heavy atom. The van der Waals surface area contributed by atoms with Gasteiger partial charge in [0, 0.05) is 11.8 Å². The Bertz CT molecular complexity index is 992. The Balaban J connectivity index is 1.85. The fraction of sp³-hybridized carbons (Fsp3) is 0.167. The van der Waals surface area contributed by atoms with Crippen LogP contribution in [0.1, 0.15) is 27.3 Å². The molecule has 0 aliphatic carbocycles. The summed E-state index contributed by atoms with van der Waals surface area (Å²) in [6, 6.07) is 11.5. The average molecular weight is 324 g/mol. The summed E-state index contributed by atoms with van der Waals surface area (Å²) in [5.74, 6) is -0.771. The molecule has 0 aliphatic rings. The maximum atomic E-state index is 12.2. The molecule has 3 rings (SSSR count). The lowest BCUT2D eigenvalue weighted by molar-refractivity contribution is 0.0464. The molecule has 0 saturated carbocycles. The van der Waals surface area contributed by atoms with Crippen LogP contribution in [-0.2, 0) is 11.3 Å². The average Bonchev–Trinajstić information content (AvgIpc) is 2.55. The van der Waals surface area contributed by atoms with Crippen LogP contribution in [0.2, 0.25) is 0 Å². The highest BCUT2D eigenvalue weighted by atomic mass is 16.5. The molecule has 0 unspecified atom stereocenters. The first-order valence-electron chi connectivity index (χ1n) is 7.41. The second kappa shape index (κ2) is 6.16. The van der Waals surface area contributed by atoms with Gasteiger partial charge in [-0.3, -0.25) is 9.20 Å². The number of ether oxygens (including phenoxy) is 1. The van der Waals surface area contributed by atoms with Gasteiger partial charge in [0.15, 0.2) is 0 Å². The van der Waals surface area contributed by atoms with E-state index in [1.807, 2.05) is 13.0 Å². The molecule has 122 valence electrons. The fourth-order valence-corrected chi connectivity index (χ4v) is 2.48. The van der Waals surface area contributed by atoms with Gasteiger partial charge in [-0.15, -0.1) is 0 Å². The van der Waals surface area contributed by atoms with Gasteiger partial charge in [0.05, 0.1) is 5.69 Å². The Kier molecular flexibility index (Phi) is 4.04. The minimum Gasteiger partial charge on any atom is -0.507 e. The molecule has 0 fully saturated rings. The number of aromatic nitrogens is 2. The molecule has 0 bridgehead atoms. The second-order valence-electron chi connectivity index (χ2n) is 5.49. The number of fused-ring (bicyclic) bond motifs is 1. The zero-order chi connectivity index (χ0) is 17.3. The summed E-state index contributed by atoms with van der Waals surface area (Å²) >= 11 is 0. The van der Waals surface area contributed by atoms with E-state index >= 15 is 0 Å². The number of rotatable bonds is 3. The van der Waals surface area contributed by atoms with Gasteiger partial charge in [0.2, 0.25) is 0 Å². The summed E-state index contributed by atoms with van der Waals surface area (Å²) in [7, 11) is 0. The first-order valence-corrected chi connectivity index (χ1v) is 7.41. The SMILES string of the molecule is Cc1cccc(C(=O)OCc2cc(=O)n3c(C)cccc3n2)c1O. The molecule has 6 heteroatoms. The fourth-order valence-electron chi connectivity index (χ4n) is 2.48. The molecule has 2 heterocycles. The maximum Gasteiger partial charge on any atom is 0.342 e. The van der Waals surface area contributed by atoms with Crippen molar-refractivity contribution in [2.45, 2.75) is 20.5 Å². The van der Waals surface area contributed by atoms with Crippen molar-refractivity contribution in [3.8, 4) is 5.75 Å². The Morgan fingerprint density at radius 1 is 1.21 bits per heavy atom. The summed E-state index contributed by atoms with van der Waals surface area (Å²) in [6.45, 7) is 3.36. The number of phenolic OH excluding ortho intramolecular Hbond substituents is 1. The largest absolute Gasteiger partial charge is 0.507 e. The topological polar surface area (TPSA) is 80.9 Å². The zero-order valence-electron chi connectivity index (χ0n) is 13.3. The Labute approximate surface area is 138 Å². The number of aromatic hydroxyl groups is 1. The van der Waals surface area contributed by atoms with E-state index in [0.717, 1.165) is 5.69 Å². The van der Waals surface area contributed by atoms with Gasteiger partial charge in [-0.1, -0.05) is 18.2 Å². The van der Waals surface area contributed by atoms with Gasteiger partial charge in [-0.25, -0.2) is 9.78 Å². The van der Waals surface area contributed by atoms with Crippen LogP contribution in [0.15, 0.2) is 47.3 Å². The Hall–Kier alpha value is -3.15. The molecule has 0 aliphatic heterocycles. The van der Waals surface area contributed by atoms with Crippen LogP contribution in [-0.4, -0.2) is 20.5 Å². The summed E-state index contributed by atoms with van der Waals surface area (Å²) in [6.07, 6.45) is 0. The predicted octanol–water partition coefficient (Wildman–Crippen LogP) is 2.37. The second-order valence-corrected chi connectivity index (χ2v) is 5.49. The van der Waals surface area contributed by atoms with E-state index < -0.39 is 5.97 Å². The highest BCUT2D eigenvalue weighted by Gasteiger charge is 2.14. The molecule has 0 amide bonds. The molecule has 0 atom stereocenters. The van der Waals surface area contributed by atoms with Crippen LogP contribution in [0, 0.1) is 13.8 Å². The van der Waals surface area contributed by atoms with E-state index in [0.29, 0.717) is 16.9 Å². The minimum atomic E-state index is -0.664. The zero-order valence-corrected chi connectivity index (χ0v) is 13.3. The predicted molar refractivity (Wildman–Crippen MR) is 88.2 cm³/mol. The normalized spacial score (nSPS) is 10.8. The Morgan fingerprint density at radius 2 is 1.96 bits per heavy atom. The molecular formula is C18H16N2O4. The van der Waals surface area contributed by atoms with Crippen molar-refractivity contribution in [3.63, 3.8) is 0 Å². The quantitative estimate of drug-likeness (QED) is 0.748. The van der Waals surface area contributed by atoms with E-state index in [-0.39, 0.29) is 23.5 Å². The summed E-state index contributed by atoms with van der Waals surface area (Å²) in [4.78, 5) is 28.6. The van der Waals surface area contributed by atoms with Crippen LogP contribution >= 0.6 is 0 Å². The molecular weight excluding hydrogens is 308 g/mol. The van der Waals surface area contributed by atoms with E-state index in [2.05, 4.69) is 4.98 Å². The van der Waals surface area contributed by atoms with Crippen molar-refractivity contribution in [3.05, 3.63) is 75.3 Å². The number of esters is 1. The lowest BCUT2D eigenvalue weighted by Gasteiger charge is -2.09. The molecule has 2 aromatic heterocycles. The van der Waals surface area contributed by atoms with E-state index in [1.54, 1.807) is 31.2 Å². The van der Waals surface area contributed by atoms with Gasteiger partial charge in [0.1, 0.15) is 23.6 Å². The summed E-state index contributed by atoms with van der Waals surface area (Å²) < 4.78 is 6.66. The monoisotopic (exact) mass is 324 g/mol. The number of pyridine rings is 1. The van der Waals surface area contributed by atoms with Crippen LogP contribution in [0.5, 0.6) is 5.75 Å². The maximum absolute atomic E-state index is 12.2. The van der Waals surface area contributed by atoms with Gasteiger partial charge in [-0.2, -0.15) is 0 Å². The third-order valence-corrected chi connectivity index (χ3v) is 3.74. The minimum absolute atomic E-state index is 0.0864. The van der Waals surface area contributed by atoms with Crippen molar-refractivity contribution in [2.75, 3.05) is 0 Å². The number of carbonyl (C=O) groups excluding carboxylic acids is 1. The van der Waals surface area contributed by atoms with Crippen LogP contribution in [0.4, 0.5) is 0 Å². The third kappa shape index (κ3) is 2.86. The van der Waals surface area contributed by atoms with Crippen molar-refractivity contribution in [1.82, 2.24) is 9.38 Å². The van der Waals surface area contributed by atoms with Crippen molar-refractivity contribution in [1.29, 1.82) is 0 Å². The summed E-state index contributed by atoms with van der Waals surface area (Å²) in [5, 5.41) is 9.91. The van der Waals surface area contributed by atoms with Crippen LogP contribution in [0.25, 0.3) is 5.65 Å². The van der Waals surface area contributed by atoms with Crippen LogP contribution < -0.4 is 5.56 Å². The van der Waals surface area contributed by atoms with E-state index in [1.165, 1.54) is 16.5 Å². The number of para-hydroxylation sites is 1. The van der Waals surface area contributed by atoms with Gasteiger partial charge < -0.3 is 9.84 Å². The highest BCUT2D eigenvalue weighted by molar-refractivity contribution is 5.92.